The topological polar surface area (TPSA) is 38.3 Å². The minimum atomic E-state index is -0.289. The molecule has 2 aromatic rings. The summed E-state index contributed by atoms with van der Waals surface area (Å²) in [5.41, 5.74) is 2.71. The molecule has 0 amide bonds. The molecule has 0 aliphatic rings. The third kappa shape index (κ3) is 4.60. The van der Waals surface area contributed by atoms with Crippen molar-refractivity contribution in [2.24, 2.45) is 0 Å². The number of rotatable bonds is 5. The third-order valence-corrected chi connectivity index (χ3v) is 3.68. The number of carbonyl (C=O) groups is 1. The molecule has 0 saturated heterocycles. The number of halogens is 1. The van der Waals surface area contributed by atoms with E-state index in [0.717, 1.165) is 16.7 Å². The second kappa shape index (κ2) is 7.27. The first-order chi connectivity index (χ1) is 10.1. The molecule has 4 heteroatoms. The van der Waals surface area contributed by atoms with Crippen LogP contribution in [-0.4, -0.2) is 12.1 Å². The van der Waals surface area contributed by atoms with E-state index in [1.54, 1.807) is 12.1 Å². The predicted octanol–water partition coefficient (Wildman–Crippen LogP) is 4.63. The fourth-order valence-electron chi connectivity index (χ4n) is 1.85. The van der Waals surface area contributed by atoms with E-state index in [2.05, 4.69) is 27.3 Å². The Kier molecular flexibility index (Phi) is 5.39. The van der Waals surface area contributed by atoms with Crippen LogP contribution in [0.15, 0.2) is 53.0 Å². The van der Waals surface area contributed by atoms with Crippen molar-refractivity contribution in [1.29, 1.82) is 0 Å². The molecule has 0 atom stereocenters. The molecule has 2 aromatic carbocycles. The van der Waals surface area contributed by atoms with Crippen LogP contribution >= 0.6 is 15.9 Å². The quantitative estimate of drug-likeness (QED) is 0.801. The lowest BCUT2D eigenvalue weighted by atomic mass is 10.2. The monoisotopic (exact) mass is 347 g/mol. The fraction of sp³-hybridized carbons (Fsp3) is 0.235. The summed E-state index contributed by atoms with van der Waals surface area (Å²) in [4.78, 5) is 11.7. The lowest BCUT2D eigenvalue weighted by Crippen LogP contribution is -2.11. The first-order valence-corrected chi connectivity index (χ1v) is 7.64. The normalized spacial score (nSPS) is 10.5. The van der Waals surface area contributed by atoms with Crippen LogP contribution in [0, 0.1) is 0 Å². The van der Waals surface area contributed by atoms with Gasteiger partial charge in [-0.1, -0.05) is 34.1 Å². The van der Waals surface area contributed by atoms with Gasteiger partial charge in [-0.05, 0) is 49.7 Å². The molecule has 0 aliphatic heterocycles. The maximum Gasteiger partial charge on any atom is 0.338 e. The summed E-state index contributed by atoms with van der Waals surface area (Å²) in [5, 5.41) is 3.33. The summed E-state index contributed by atoms with van der Waals surface area (Å²) in [6, 6.07) is 15.4. The van der Waals surface area contributed by atoms with Gasteiger partial charge in [0.1, 0.15) is 0 Å². The van der Waals surface area contributed by atoms with Crippen molar-refractivity contribution in [3.05, 3.63) is 64.1 Å². The number of hydrogen-bond donors (Lipinski definition) is 1. The van der Waals surface area contributed by atoms with Crippen LogP contribution in [0.4, 0.5) is 5.69 Å². The number of carbonyl (C=O) groups excluding carboxylic acids is 1. The van der Waals surface area contributed by atoms with Gasteiger partial charge in [0, 0.05) is 16.7 Å². The molecule has 21 heavy (non-hydrogen) atoms. The average Bonchev–Trinajstić information content (AvgIpc) is 2.46. The summed E-state index contributed by atoms with van der Waals surface area (Å²) < 4.78 is 6.23. The molecule has 0 bridgehead atoms. The Morgan fingerprint density at radius 1 is 1.14 bits per heavy atom. The van der Waals surface area contributed by atoms with Gasteiger partial charge in [-0.25, -0.2) is 4.79 Å². The van der Waals surface area contributed by atoms with Crippen molar-refractivity contribution in [3.63, 3.8) is 0 Å². The van der Waals surface area contributed by atoms with Crippen molar-refractivity contribution < 1.29 is 9.53 Å². The first-order valence-electron chi connectivity index (χ1n) is 6.84. The zero-order valence-corrected chi connectivity index (χ0v) is 13.7. The number of esters is 1. The number of benzene rings is 2. The zero-order chi connectivity index (χ0) is 15.2. The molecule has 2 rings (SSSR count). The van der Waals surface area contributed by atoms with E-state index in [-0.39, 0.29) is 12.1 Å². The lowest BCUT2D eigenvalue weighted by Gasteiger charge is -2.10. The van der Waals surface area contributed by atoms with Gasteiger partial charge in [0.2, 0.25) is 0 Å². The van der Waals surface area contributed by atoms with E-state index in [1.807, 2.05) is 44.2 Å². The maximum absolute atomic E-state index is 11.7. The fourth-order valence-corrected chi connectivity index (χ4v) is 2.27. The van der Waals surface area contributed by atoms with E-state index >= 15 is 0 Å². The van der Waals surface area contributed by atoms with Gasteiger partial charge in [0.15, 0.2) is 0 Å². The van der Waals surface area contributed by atoms with Crippen molar-refractivity contribution >= 4 is 27.6 Å². The highest BCUT2D eigenvalue weighted by Crippen LogP contribution is 2.18. The summed E-state index contributed by atoms with van der Waals surface area (Å²) >= 11 is 3.52. The minimum absolute atomic E-state index is 0.106. The van der Waals surface area contributed by atoms with Gasteiger partial charge >= 0.3 is 5.97 Å². The molecule has 0 heterocycles. The largest absolute Gasteiger partial charge is 0.459 e. The third-order valence-electron chi connectivity index (χ3n) is 2.90. The van der Waals surface area contributed by atoms with Crippen LogP contribution in [-0.2, 0) is 11.3 Å². The highest BCUT2D eigenvalue weighted by atomic mass is 79.9. The molecule has 1 N–H and O–H groups in total. The van der Waals surface area contributed by atoms with Gasteiger partial charge in [-0.15, -0.1) is 0 Å². The van der Waals surface area contributed by atoms with E-state index in [9.17, 15) is 4.79 Å². The summed E-state index contributed by atoms with van der Waals surface area (Å²) in [6.07, 6.45) is -0.106. The van der Waals surface area contributed by atoms with Crippen molar-refractivity contribution in [3.8, 4) is 0 Å². The van der Waals surface area contributed by atoms with Crippen LogP contribution in [0.25, 0.3) is 0 Å². The Morgan fingerprint density at radius 2 is 1.81 bits per heavy atom. The Morgan fingerprint density at radius 3 is 2.43 bits per heavy atom. The molecular formula is C17H18BrNO2. The van der Waals surface area contributed by atoms with Crippen LogP contribution in [0.5, 0.6) is 0 Å². The Hall–Kier alpha value is -1.81. The standard InChI is InChI=1S/C17H18BrNO2/c1-12(2)21-17(20)13-7-9-15(10-8-13)19-11-14-5-3-4-6-16(14)18/h3-10,12,19H,11H2,1-2H3. The minimum Gasteiger partial charge on any atom is -0.459 e. The first kappa shape index (κ1) is 15.6. The molecule has 0 fully saturated rings. The van der Waals surface area contributed by atoms with Gasteiger partial charge in [0.25, 0.3) is 0 Å². The SMILES string of the molecule is CC(C)OC(=O)c1ccc(NCc2ccccc2Br)cc1. The van der Waals surface area contributed by atoms with Crippen LogP contribution in [0.3, 0.4) is 0 Å². The summed E-state index contributed by atoms with van der Waals surface area (Å²) in [7, 11) is 0. The molecule has 110 valence electrons. The summed E-state index contributed by atoms with van der Waals surface area (Å²) in [6.45, 7) is 4.40. The second-order valence-corrected chi connectivity index (χ2v) is 5.83. The van der Waals surface area contributed by atoms with E-state index in [1.165, 1.54) is 5.56 Å². The van der Waals surface area contributed by atoms with Crippen LogP contribution in [0.1, 0.15) is 29.8 Å². The number of nitrogens with one attached hydrogen (secondary N) is 1. The van der Waals surface area contributed by atoms with Gasteiger partial charge in [-0.3, -0.25) is 0 Å². The number of anilines is 1. The Bertz CT molecular complexity index is 608. The van der Waals surface area contributed by atoms with Crippen molar-refractivity contribution in [2.75, 3.05) is 5.32 Å². The molecule has 0 aliphatic carbocycles. The maximum atomic E-state index is 11.7. The molecule has 0 aromatic heterocycles. The smallest absolute Gasteiger partial charge is 0.338 e. The summed E-state index contributed by atoms with van der Waals surface area (Å²) in [5.74, 6) is -0.289. The number of ether oxygens (including phenoxy) is 1. The zero-order valence-electron chi connectivity index (χ0n) is 12.1. The molecule has 3 nitrogen and oxygen atoms in total. The van der Waals surface area contributed by atoms with Gasteiger partial charge in [0.05, 0.1) is 11.7 Å². The highest BCUT2D eigenvalue weighted by molar-refractivity contribution is 9.10. The highest BCUT2D eigenvalue weighted by Gasteiger charge is 2.08. The predicted molar refractivity (Wildman–Crippen MR) is 88.5 cm³/mol. The second-order valence-electron chi connectivity index (χ2n) is 4.98. The van der Waals surface area contributed by atoms with Crippen molar-refractivity contribution in [2.45, 2.75) is 26.5 Å². The Labute approximate surface area is 133 Å². The molecule has 0 radical (unpaired) electrons. The van der Waals surface area contributed by atoms with E-state index < -0.39 is 0 Å². The van der Waals surface area contributed by atoms with Gasteiger partial charge < -0.3 is 10.1 Å². The average molecular weight is 348 g/mol. The number of hydrogen-bond acceptors (Lipinski definition) is 3. The van der Waals surface area contributed by atoms with E-state index in [4.69, 9.17) is 4.74 Å². The van der Waals surface area contributed by atoms with Crippen molar-refractivity contribution in [1.82, 2.24) is 0 Å². The van der Waals surface area contributed by atoms with E-state index in [0.29, 0.717) is 5.56 Å². The lowest BCUT2D eigenvalue weighted by molar-refractivity contribution is 0.0378. The van der Waals surface area contributed by atoms with Crippen LogP contribution < -0.4 is 5.32 Å². The molecule has 0 saturated carbocycles. The Balaban J connectivity index is 1.97. The molecule has 0 unspecified atom stereocenters. The van der Waals surface area contributed by atoms with Crippen LogP contribution in [0.2, 0.25) is 0 Å². The molecule has 0 spiro atoms. The molecular weight excluding hydrogens is 330 g/mol. The van der Waals surface area contributed by atoms with Gasteiger partial charge in [-0.2, -0.15) is 0 Å².